The van der Waals surface area contributed by atoms with Gasteiger partial charge in [0.1, 0.15) is 23.0 Å². The largest absolute Gasteiger partial charge is 0.494 e. The Hall–Kier alpha value is -4.18. The van der Waals surface area contributed by atoms with Crippen molar-refractivity contribution in [2.45, 2.75) is 32.0 Å². The Bertz CT molecular complexity index is 1210. The molecule has 0 heterocycles. The van der Waals surface area contributed by atoms with Crippen LogP contribution in [0.4, 0.5) is 0 Å². The van der Waals surface area contributed by atoms with Crippen molar-refractivity contribution in [2.75, 3.05) is 33.5 Å². The second-order valence-corrected chi connectivity index (χ2v) is 8.90. The number of methoxy groups -OCH3 is 1. The highest BCUT2D eigenvalue weighted by atomic mass is 16.6. The van der Waals surface area contributed by atoms with Gasteiger partial charge in [-0.1, -0.05) is 6.58 Å². The molecule has 0 saturated heterocycles. The van der Waals surface area contributed by atoms with Crippen molar-refractivity contribution in [3.63, 3.8) is 0 Å². The van der Waals surface area contributed by atoms with Crippen LogP contribution < -0.4 is 18.9 Å². The lowest BCUT2D eigenvalue weighted by Crippen LogP contribution is -2.10. The molecule has 3 rings (SSSR count). The topological polar surface area (TPSA) is 110 Å². The third-order valence-electron chi connectivity index (χ3n) is 5.73. The lowest BCUT2D eigenvalue weighted by Gasteiger charge is -2.09. The molecular formula is C32H36O9. The van der Waals surface area contributed by atoms with Crippen LogP contribution in [0.3, 0.4) is 0 Å². The van der Waals surface area contributed by atoms with E-state index in [1.807, 2.05) is 0 Å². The number of esters is 2. The molecule has 0 radical (unpaired) electrons. The minimum Gasteiger partial charge on any atom is -0.494 e. The van der Waals surface area contributed by atoms with Gasteiger partial charge in [0.25, 0.3) is 0 Å². The zero-order valence-corrected chi connectivity index (χ0v) is 23.2. The Balaban J connectivity index is 1.39. The highest BCUT2D eigenvalue weighted by Crippen LogP contribution is 2.21. The average molecular weight is 565 g/mol. The first kappa shape index (κ1) is 31.3. The van der Waals surface area contributed by atoms with Gasteiger partial charge in [0, 0.05) is 13.7 Å². The molecule has 0 saturated carbocycles. The summed E-state index contributed by atoms with van der Waals surface area (Å²) in [5.74, 6) is 0.892. The first-order chi connectivity index (χ1) is 20.0. The van der Waals surface area contributed by atoms with E-state index in [2.05, 4.69) is 6.58 Å². The minimum absolute atomic E-state index is 0.311. The summed E-state index contributed by atoms with van der Waals surface area (Å²) < 4.78 is 32.3. The van der Waals surface area contributed by atoms with E-state index in [1.165, 1.54) is 6.08 Å². The van der Waals surface area contributed by atoms with Crippen molar-refractivity contribution in [2.24, 2.45) is 0 Å². The smallest absolute Gasteiger partial charge is 0.343 e. The van der Waals surface area contributed by atoms with Crippen molar-refractivity contribution in [3.05, 3.63) is 96.6 Å². The molecule has 1 unspecified atom stereocenters. The molecule has 0 spiro atoms. The van der Waals surface area contributed by atoms with Crippen LogP contribution in [0.5, 0.6) is 23.0 Å². The Kier molecular flexibility index (Phi) is 13.4. The maximum absolute atomic E-state index is 12.5. The summed E-state index contributed by atoms with van der Waals surface area (Å²) in [7, 11) is 1.67. The molecule has 9 heteroatoms. The number of rotatable bonds is 18. The van der Waals surface area contributed by atoms with E-state index in [4.69, 9.17) is 28.4 Å². The van der Waals surface area contributed by atoms with E-state index in [-0.39, 0.29) is 0 Å². The fourth-order valence-electron chi connectivity index (χ4n) is 3.49. The Morgan fingerprint density at radius 1 is 0.659 bits per heavy atom. The summed E-state index contributed by atoms with van der Waals surface area (Å²) >= 11 is 0. The van der Waals surface area contributed by atoms with E-state index in [0.717, 1.165) is 25.7 Å². The van der Waals surface area contributed by atoms with Gasteiger partial charge in [0.15, 0.2) is 6.29 Å². The molecule has 0 aliphatic carbocycles. The van der Waals surface area contributed by atoms with Crippen molar-refractivity contribution in [1.29, 1.82) is 0 Å². The van der Waals surface area contributed by atoms with Gasteiger partial charge in [-0.2, -0.15) is 0 Å². The number of unbranched alkanes of at least 4 members (excludes halogenated alkanes) is 2. The van der Waals surface area contributed by atoms with E-state index in [1.54, 1.807) is 79.9 Å². The van der Waals surface area contributed by atoms with Gasteiger partial charge < -0.3 is 33.5 Å². The highest BCUT2D eigenvalue weighted by molar-refractivity contribution is 5.92. The normalized spacial score (nSPS) is 11.4. The molecule has 0 bridgehead atoms. The van der Waals surface area contributed by atoms with Gasteiger partial charge >= 0.3 is 11.9 Å². The first-order valence-corrected chi connectivity index (χ1v) is 13.4. The highest BCUT2D eigenvalue weighted by Gasteiger charge is 2.12. The second-order valence-electron chi connectivity index (χ2n) is 8.90. The van der Waals surface area contributed by atoms with Crippen LogP contribution in [-0.4, -0.2) is 56.9 Å². The summed E-state index contributed by atoms with van der Waals surface area (Å²) in [6.07, 6.45) is 3.65. The van der Waals surface area contributed by atoms with E-state index in [0.29, 0.717) is 60.6 Å². The standard InChI is InChI=1S/C32H36O9/c1-3-30(33)39-23-7-6-22-38-27-14-10-25(11-15-27)32(35)41-29-18-16-28(17-19-29)40-31(34)24-8-12-26(13-9-24)37-21-5-4-20-36-2/h3,8-19,30,33H,1,4-7,20-23H2,2H3. The third-order valence-corrected chi connectivity index (χ3v) is 5.73. The van der Waals surface area contributed by atoms with Crippen molar-refractivity contribution >= 4 is 11.9 Å². The number of aliphatic hydroxyl groups excluding tert-OH is 1. The predicted octanol–water partition coefficient (Wildman–Crippen LogP) is 5.61. The lowest BCUT2D eigenvalue weighted by molar-refractivity contribution is -0.0652. The quantitative estimate of drug-likeness (QED) is 0.0693. The summed E-state index contributed by atoms with van der Waals surface area (Å²) in [6.45, 7) is 5.60. The van der Waals surface area contributed by atoms with Crippen LogP contribution in [0, 0.1) is 0 Å². The maximum atomic E-state index is 12.5. The summed E-state index contributed by atoms with van der Waals surface area (Å²) in [5, 5.41) is 9.25. The van der Waals surface area contributed by atoms with Crippen LogP contribution in [0.2, 0.25) is 0 Å². The molecule has 0 amide bonds. The molecule has 41 heavy (non-hydrogen) atoms. The Morgan fingerprint density at radius 3 is 1.46 bits per heavy atom. The maximum Gasteiger partial charge on any atom is 0.343 e. The molecule has 9 nitrogen and oxygen atoms in total. The number of carbonyl (C=O) groups is 2. The van der Waals surface area contributed by atoms with Gasteiger partial charge in [-0.15, -0.1) is 0 Å². The van der Waals surface area contributed by atoms with Gasteiger partial charge in [-0.05, 0) is 105 Å². The Morgan fingerprint density at radius 2 is 1.05 bits per heavy atom. The predicted molar refractivity (Wildman–Crippen MR) is 153 cm³/mol. The molecule has 3 aromatic carbocycles. The Labute approximate surface area is 240 Å². The summed E-state index contributed by atoms with van der Waals surface area (Å²) in [4.78, 5) is 25.0. The molecule has 0 aliphatic rings. The van der Waals surface area contributed by atoms with Crippen LogP contribution in [0.1, 0.15) is 46.4 Å². The van der Waals surface area contributed by atoms with Gasteiger partial charge in [0.2, 0.25) is 0 Å². The zero-order valence-electron chi connectivity index (χ0n) is 23.2. The van der Waals surface area contributed by atoms with Crippen molar-refractivity contribution < 1.29 is 43.1 Å². The molecule has 1 N–H and O–H groups in total. The van der Waals surface area contributed by atoms with Crippen molar-refractivity contribution in [3.8, 4) is 23.0 Å². The van der Waals surface area contributed by atoms with Gasteiger partial charge in [0.05, 0.1) is 30.9 Å². The first-order valence-electron chi connectivity index (χ1n) is 13.4. The number of ether oxygens (including phenoxy) is 6. The number of carbonyl (C=O) groups excluding carboxylic acids is 2. The van der Waals surface area contributed by atoms with E-state index < -0.39 is 18.2 Å². The second kappa shape index (κ2) is 17.5. The van der Waals surface area contributed by atoms with Crippen LogP contribution in [0.25, 0.3) is 0 Å². The van der Waals surface area contributed by atoms with Crippen LogP contribution in [0.15, 0.2) is 85.5 Å². The fourth-order valence-corrected chi connectivity index (χ4v) is 3.49. The number of hydrogen-bond donors (Lipinski definition) is 1. The molecule has 0 fully saturated rings. The SMILES string of the molecule is C=CC(O)OCCCCOc1ccc(C(=O)Oc2ccc(OC(=O)c3ccc(OCCCCOC)cc3)cc2)cc1. The monoisotopic (exact) mass is 564 g/mol. The van der Waals surface area contributed by atoms with Crippen molar-refractivity contribution in [1.82, 2.24) is 0 Å². The number of aliphatic hydroxyl groups is 1. The number of benzene rings is 3. The van der Waals surface area contributed by atoms with Crippen LogP contribution in [-0.2, 0) is 9.47 Å². The van der Waals surface area contributed by atoms with E-state index in [9.17, 15) is 14.7 Å². The molecular weight excluding hydrogens is 528 g/mol. The fraction of sp³-hybridized carbons (Fsp3) is 0.312. The molecule has 0 aromatic heterocycles. The third kappa shape index (κ3) is 11.4. The van der Waals surface area contributed by atoms with E-state index >= 15 is 0 Å². The summed E-state index contributed by atoms with van der Waals surface area (Å²) in [6, 6.07) is 19.6. The van der Waals surface area contributed by atoms with Crippen LogP contribution >= 0.6 is 0 Å². The van der Waals surface area contributed by atoms with Gasteiger partial charge in [-0.25, -0.2) is 9.59 Å². The average Bonchev–Trinajstić information content (AvgIpc) is 3.00. The van der Waals surface area contributed by atoms with Gasteiger partial charge in [-0.3, -0.25) is 0 Å². The lowest BCUT2D eigenvalue weighted by atomic mass is 10.2. The molecule has 3 aromatic rings. The minimum atomic E-state index is -0.949. The molecule has 0 aliphatic heterocycles. The zero-order chi connectivity index (χ0) is 29.3. The summed E-state index contributed by atoms with van der Waals surface area (Å²) in [5.41, 5.74) is 0.749. The number of hydrogen-bond acceptors (Lipinski definition) is 9. The molecule has 1 atom stereocenters. The molecule has 218 valence electrons.